The molecular formula is C15H21Cl2NO. The van der Waals surface area contributed by atoms with Crippen LogP contribution in [0.1, 0.15) is 42.6 Å². The number of hydrogen-bond donors (Lipinski definition) is 0. The largest absolute Gasteiger partial charge is 0.334 e. The van der Waals surface area contributed by atoms with E-state index in [1.807, 2.05) is 24.0 Å². The summed E-state index contributed by atoms with van der Waals surface area (Å²) in [6, 6.07) is 5.76. The minimum Gasteiger partial charge on any atom is -0.334 e. The van der Waals surface area contributed by atoms with Crippen LogP contribution in [0.3, 0.4) is 0 Å². The summed E-state index contributed by atoms with van der Waals surface area (Å²) in [5.74, 6) is 0.411. The molecule has 4 heteroatoms. The molecule has 1 amide bonds. The van der Waals surface area contributed by atoms with Gasteiger partial charge in [-0.15, -0.1) is 11.6 Å². The molecule has 0 saturated heterocycles. The summed E-state index contributed by atoms with van der Waals surface area (Å²) >= 11 is 12.1. The van der Waals surface area contributed by atoms with Crippen molar-refractivity contribution in [3.8, 4) is 0 Å². The Kier molecular flexibility index (Phi) is 6.67. The van der Waals surface area contributed by atoms with E-state index in [1.54, 1.807) is 6.07 Å². The van der Waals surface area contributed by atoms with Gasteiger partial charge in [0.25, 0.3) is 5.91 Å². The van der Waals surface area contributed by atoms with Crippen LogP contribution in [0.2, 0.25) is 5.02 Å². The minimum atomic E-state index is -0.0250. The lowest BCUT2D eigenvalue weighted by Crippen LogP contribution is -2.41. The van der Waals surface area contributed by atoms with Crippen molar-refractivity contribution in [2.45, 2.75) is 39.7 Å². The zero-order valence-corrected chi connectivity index (χ0v) is 13.3. The molecule has 0 heterocycles. The van der Waals surface area contributed by atoms with Gasteiger partial charge in [0, 0.05) is 18.5 Å². The molecule has 0 N–H and O–H groups in total. The van der Waals surface area contributed by atoms with E-state index < -0.39 is 0 Å². The lowest BCUT2D eigenvalue weighted by molar-refractivity contribution is 0.0681. The van der Waals surface area contributed by atoms with Crippen molar-refractivity contribution in [2.75, 3.05) is 12.4 Å². The Bertz CT molecular complexity index is 430. The number of hydrogen-bond acceptors (Lipinski definition) is 1. The Morgan fingerprint density at radius 3 is 2.47 bits per heavy atom. The van der Waals surface area contributed by atoms with Crippen LogP contribution >= 0.6 is 23.2 Å². The topological polar surface area (TPSA) is 20.3 Å². The van der Waals surface area contributed by atoms with E-state index >= 15 is 0 Å². The molecule has 1 aromatic rings. The second-order valence-electron chi connectivity index (χ2n) is 4.59. The predicted octanol–water partition coefficient (Wildman–Crippen LogP) is 4.52. The molecule has 0 aliphatic heterocycles. The third-order valence-corrected chi connectivity index (χ3v) is 4.06. The highest BCUT2D eigenvalue weighted by Crippen LogP contribution is 2.23. The van der Waals surface area contributed by atoms with Gasteiger partial charge in [0.1, 0.15) is 0 Å². The second-order valence-corrected chi connectivity index (χ2v) is 5.35. The normalized spacial score (nSPS) is 10.8. The molecule has 0 aliphatic carbocycles. The van der Waals surface area contributed by atoms with Crippen LogP contribution in [0, 0.1) is 6.92 Å². The van der Waals surface area contributed by atoms with Gasteiger partial charge < -0.3 is 4.90 Å². The van der Waals surface area contributed by atoms with E-state index in [9.17, 15) is 4.79 Å². The highest BCUT2D eigenvalue weighted by atomic mass is 35.5. The summed E-state index contributed by atoms with van der Waals surface area (Å²) in [5, 5.41) is 0.540. The van der Waals surface area contributed by atoms with Gasteiger partial charge >= 0.3 is 0 Å². The Morgan fingerprint density at radius 2 is 1.95 bits per heavy atom. The summed E-state index contributed by atoms with van der Waals surface area (Å²) in [6.07, 6.45) is 1.84. The SMILES string of the molecule is CCC(CC)N(CCCl)C(=O)c1cccc(C)c1Cl. The quantitative estimate of drug-likeness (QED) is 0.708. The summed E-state index contributed by atoms with van der Waals surface area (Å²) in [5.41, 5.74) is 1.49. The molecule has 2 nitrogen and oxygen atoms in total. The van der Waals surface area contributed by atoms with Crippen molar-refractivity contribution in [3.63, 3.8) is 0 Å². The van der Waals surface area contributed by atoms with Crippen LogP contribution in [0.15, 0.2) is 18.2 Å². The fourth-order valence-corrected chi connectivity index (χ4v) is 2.63. The Morgan fingerprint density at radius 1 is 1.32 bits per heavy atom. The molecule has 0 aromatic heterocycles. The van der Waals surface area contributed by atoms with E-state index in [0.29, 0.717) is 23.0 Å². The van der Waals surface area contributed by atoms with Gasteiger partial charge in [-0.2, -0.15) is 0 Å². The third-order valence-electron chi connectivity index (χ3n) is 3.39. The molecule has 19 heavy (non-hydrogen) atoms. The molecular weight excluding hydrogens is 281 g/mol. The molecule has 0 fully saturated rings. The third kappa shape index (κ3) is 3.87. The number of rotatable bonds is 6. The molecule has 0 radical (unpaired) electrons. The lowest BCUT2D eigenvalue weighted by atomic mass is 10.1. The monoisotopic (exact) mass is 301 g/mol. The van der Waals surface area contributed by atoms with E-state index in [-0.39, 0.29) is 11.9 Å². The first-order valence-electron chi connectivity index (χ1n) is 6.68. The van der Waals surface area contributed by atoms with Crippen LogP contribution in [-0.2, 0) is 0 Å². The van der Waals surface area contributed by atoms with Crippen molar-refractivity contribution >= 4 is 29.1 Å². The number of aryl methyl sites for hydroxylation is 1. The molecule has 0 aliphatic rings. The molecule has 106 valence electrons. The molecule has 0 saturated carbocycles. The van der Waals surface area contributed by atoms with Gasteiger partial charge in [-0.25, -0.2) is 0 Å². The van der Waals surface area contributed by atoms with Gasteiger partial charge in [-0.1, -0.05) is 37.6 Å². The van der Waals surface area contributed by atoms with Gasteiger partial charge in [-0.05, 0) is 31.4 Å². The van der Waals surface area contributed by atoms with Crippen LogP contribution in [0.4, 0.5) is 0 Å². The number of alkyl halides is 1. The van der Waals surface area contributed by atoms with Crippen LogP contribution in [0.25, 0.3) is 0 Å². The van der Waals surface area contributed by atoms with Crippen molar-refractivity contribution < 1.29 is 4.79 Å². The number of carbonyl (C=O) groups is 1. The summed E-state index contributed by atoms with van der Waals surface area (Å²) in [7, 11) is 0. The Balaban J connectivity index is 3.08. The first-order chi connectivity index (χ1) is 9.06. The fourth-order valence-electron chi connectivity index (χ4n) is 2.24. The zero-order chi connectivity index (χ0) is 14.4. The summed E-state index contributed by atoms with van der Waals surface area (Å²) in [6.45, 7) is 6.63. The predicted molar refractivity (Wildman–Crippen MR) is 82.3 cm³/mol. The van der Waals surface area contributed by atoms with E-state index in [2.05, 4.69) is 13.8 Å². The fraction of sp³-hybridized carbons (Fsp3) is 0.533. The number of carbonyl (C=O) groups excluding carboxylic acids is 1. The van der Waals surface area contributed by atoms with E-state index in [0.717, 1.165) is 18.4 Å². The maximum atomic E-state index is 12.6. The number of amides is 1. The number of nitrogens with zero attached hydrogens (tertiary/aromatic N) is 1. The average Bonchev–Trinajstić information content (AvgIpc) is 2.41. The lowest BCUT2D eigenvalue weighted by Gasteiger charge is -2.30. The summed E-state index contributed by atoms with van der Waals surface area (Å²) < 4.78 is 0. The standard InChI is InChI=1S/C15H21Cl2NO/c1-4-12(5-2)18(10-9-16)15(19)13-8-6-7-11(3)14(13)17/h6-8,12H,4-5,9-10H2,1-3H3. The molecule has 0 unspecified atom stereocenters. The number of halogens is 2. The van der Waals surface area contributed by atoms with E-state index in [1.165, 1.54) is 0 Å². The van der Waals surface area contributed by atoms with Crippen molar-refractivity contribution in [1.82, 2.24) is 4.90 Å². The second kappa shape index (κ2) is 7.76. The maximum Gasteiger partial charge on any atom is 0.255 e. The molecule has 0 atom stereocenters. The first kappa shape index (κ1) is 16.3. The highest BCUT2D eigenvalue weighted by Gasteiger charge is 2.23. The summed E-state index contributed by atoms with van der Waals surface area (Å²) in [4.78, 5) is 14.5. The van der Waals surface area contributed by atoms with Crippen LogP contribution < -0.4 is 0 Å². The van der Waals surface area contributed by atoms with Gasteiger partial charge in [0.2, 0.25) is 0 Å². The van der Waals surface area contributed by atoms with Crippen molar-refractivity contribution in [2.24, 2.45) is 0 Å². The minimum absolute atomic E-state index is 0.0250. The Hall–Kier alpha value is -0.730. The zero-order valence-electron chi connectivity index (χ0n) is 11.7. The Labute approximate surface area is 125 Å². The average molecular weight is 302 g/mol. The van der Waals surface area contributed by atoms with E-state index in [4.69, 9.17) is 23.2 Å². The van der Waals surface area contributed by atoms with Crippen molar-refractivity contribution in [3.05, 3.63) is 34.3 Å². The smallest absolute Gasteiger partial charge is 0.255 e. The van der Waals surface area contributed by atoms with Crippen LogP contribution in [-0.4, -0.2) is 29.3 Å². The molecule has 1 rings (SSSR count). The number of benzene rings is 1. The highest BCUT2D eigenvalue weighted by molar-refractivity contribution is 6.34. The van der Waals surface area contributed by atoms with Crippen LogP contribution in [0.5, 0.6) is 0 Å². The van der Waals surface area contributed by atoms with Gasteiger partial charge in [0.05, 0.1) is 10.6 Å². The first-order valence-corrected chi connectivity index (χ1v) is 7.60. The molecule has 1 aromatic carbocycles. The van der Waals surface area contributed by atoms with Crippen molar-refractivity contribution in [1.29, 1.82) is 0 Å². The van der Waals surface area contributed by atoms with Gasteiger partial charge in [0.15, 0.2) is 0 Å². The molecule has 0 spiro atoms. The van der Waals surface area contributed by atoms with Gasteiger partial charge in [-0.3, -0.25) is 4.79 Å². The maximum absolute atomic E-state index is 12.6. The molecule has 0 bridgehead atoms.